The number of aryl methyl sites for hydroxylation is 2. The number of hydrogen-bond acceptors (Lipinski definition) is 5. The Bertz CT molecular complexity index is 1440. The number of aromatic nitrogens is 2. The summed E-state index contributed by atoms with van der Waals surface area (Å²) >= 11 is 13.3. The molecule has 1 saturated heterocycles. The number of nitriles is 1. The maximum absolute atomic E-state index is 13.9. The van der Waals surface area contributed by atoms with Crippen LogP contribution >= 0.6 is 30.6 Å². The second-order valence-corrected chi connectivity index (χ2v) is 12.4. The van der Waals surface area contributed by atoms with Gasteiger partial charge in [-0.3, -0.25) is 0 Å². The van der Waals surface area contributed by atoms with Gasteiger partial charge in [0.1, 0.15) is 17.3 Å². The minimum atomic E-state index is -2.85. The first kappa shape index (κ1) is 25.9. The zero-order valence-electron chi connectivity index (χ0n) is 20.4. The molecule has 2 aliphatic heterocycles. The van der Waals surface area contributed by atoms with Gasteiger partial charge >= 0.3 is 0 Å². The van der Waals surface area contributed by atoms with Gasteiger partial charge in [-0.1, -0.05) is 29.3 Å². The Labute approximate surface area is 225 Å². The minimum Gasteiger partial charge on any atom is -0.379 e. The van der Waals surface area contributed by atoms with E-state index in [1.165, 1.54) is 12.1 Å². The SMILES string of the molecule is Cc1nn(CCC#N)c2c1[P@](=Nc1c(Cl)cccc1Cl)(N1CCOCC1)N(C)C(c1ccc(F)cc1)=N2. The molecule has 37 heavy (non-hydrogen) atoms. The molecule has 2 aromatic carbocycles. The summed E-state index contributed by atoms with van der Waals surface area (Å²) in [6.07, 6.45) is 0.279. The van der Waals surface area contributed by atoms with Gasteiger partial charge in [0.25, 0.3) is 0 Å². The number of aliphatic imine (C=N–C) groups is 1. The van der Waals surface area contributed by atoms with E-state index in [-0.39, 0.29) is 12.2 Å². The number of nitrogens with zero attached hydrogens (tertiary/aromatic N) is 7. The van der Waals surface area contributed by atoms with Gasteiger partial charge in [0.15, 0.2) is 13.2 Å². The molecule has 3 aromatic rings. The van der Waals surface area contributed by atoms with Crippen molar-refractivity contribution in [2.24, 2.45) is 9.74 Å². The van der Waals surface area contributed by atoms with Crippen LogP contribution < -0.4 is 5.30 Å². The van der Waals surface area contributed by atoms with Gasteiger partial charge in [-0.15, -0.1) is 0 Å². The number of halogens is 3. The van der Waals surface area contributed by atoms with Gasteiger partial charge in [0.2, 0.25) is 0 Å². The molecule has 3 heterocycles. The molecule has 0 N–H and O–H groups in total. The summed E-state index contributed by atoms with van der Waals surface area (Å²) in [6.45, 7) is 4.66. The smallest absolute Gasteiger partial charge is 0.165 e. The Kier molecular flexibility index (Phi) is 7.39. The predicted molar refractivity (Wildman–Crippen MR) is 145 cm³/mol. The molecular formula is C25H25Cl2FN7OP. The van der Waals surface area contributed by atoms with Crippen molar-refractivity contribution in [3.8, 4) is 6.07 Å². The molecular weight excluding hydrogens is 535 g/mol. The van der Waals surface area contributed by atoms with Gasteiger partial charge < -0.3 is 9.41 Å². The lowest BCUT2D eigenvalue weighted by Crippen LogP contribution is -2.45. The van der Waals surface area contributed by atoms with Crippen LogP contribution in [0.25, 0.3) is 0 Å². The lowest BCUT2D eigenvalue weighted by atomic mass is 10.2. The van der Waals surface area contributed by atoms with Crippen molar-refractivity contribution in [3.05, 3.63) is 69.6 Å². The van der Waals surface area contributed by atoms with Gasteiger partial charge in [-0.25, -0.2) is 23.5 Å². The van der Waals surface area contributed by atoms with Crippen molar-refractivity contribution in [1.29, 1.82) is 5.26 Å². The monoisotopic (exact) mass is 559 g/mol. The molecule has 0 aliphatic carbocycles. The predicted octanol–water partition coefficient (Wildman–Crippen LogP) is 5.90. The lowest BCUT2D eigenvalue weighted by Gasteiger charge is -2.46. The first-order chi connectivity index (χ1) is 17.9. The van der Waals surface area contributed by atoms with Crippen LogP contribution in [0, 0.1) is 24.1 Å². The van der Waals surface area contributed by atoms with E-state index in [9.17, 15) is 9.65 Å². The van der Waals surface area contributed by atoms with E-state index in [0.29, 0.717) is 60.2 Å². The molecule has 0 amide bonds. The third-order valence-electron chi connectivity index (χ3n) is 6.40. The summed E-state index contributed by atoms with van der Waals surface area (Å²) in [6, 6.07) is 13.7. The van der Waals surface area contributed by atoms with Gasteiger partial charge in [0, 0.05) is 25.7 Å². The number of amidine groups is 1. The van der Waals surface area contributed by atoms with Crippen LogP contribution in [-0.2, 0) is 11.3 Å². The van der Waals surface area contributed by atoms with E-state index < -0.39 is 7.36 Å². The summed E-state index contributed by atoms with van der Waals surface area (Å²) in [5, 5.41) is 15.8. The molecule has 5 rings (SSSR count). The lowest BCUT2D eigenvalue weighted by molar-refractivity contribution is 0.0732. The van der Waals surface area contributed by atoms with Crippen molar-refractivity contribution < 1.29 is 9.13 Å². The summed E-state index contributed by atoms with van der Waals surface area (Å²) < 4.78 is 31.1. The fraction of sp³-hybridized carbons (Fsp3) is 0.320. The van der Waals surface area contributed by atoms with Crippen molar-refractivity contribution in [3.63, 3.8) is 0 Å². The second kappa shape index (κ2) is 10.6. The molecule has 0 bridgehead atoms. The molecule has 192 valence electrons. The average Bonchev–Trinajstić information content (AvgIpc) is 3.22. The average molecular weight is 560 g/mol. The van der Waals surface area contributed by atoms with Crippen LogP contribution in [0.5, 0.6) is 0 Å². The highest BCUT2D eigenvalue weighted by Gasteiger charge is 2.45. The van der Waals surface area contributed by atoms with Crippen LogP contribution in [0.15, 0.2) is 52.2 Å². The second-order valence-electron chi connectivity index (χ2n) is 8.66. The normalized spacial score (nSPS) is 19.8. The molecule has 8 nitrogen and oxygen atoms in total. The highest BCUT2D eigenvalue weighted by molar-refractivity contribution is 7.70. The van der Waals surface area contributed by atoms with E-state index in [2.05, 4.69) is 15.4 Å². The van der Waals surface area contributed by atoms with Crippen molar-refractivity contribution in [2.45, 2.75) is 19.9 Å². The summed E-state index contributed by atoms with van der Waals surface area (Å²) in [5.41, 5.74) is 2.00. The van der Waals surface area contributed by atoms with Crippen molar-refractivity contribution in [2.75, 3.05) is 33.4 Å². The quantitative estimate of drug-likeness (QED) is 0.364. The molecule has 1 atom stereocenters. The van der Waals surface area contributed by atoms with Crippen LogP contribution in [0.3, 0.4) is 0 Å². The largest absolute Gasteiger partial charge is 0.379 e. The first-order valence-corrected chi connectivity index (χ1v) is 14.2. The van der Waals surface area contributed by atoms with Crippen molar-refractivity contribution >= 4 is 53.2 Å². The highest BCUT2D eigenvalue weighted by Crippen LogP contribution is 2.62. The standard InChI is InChI=1S/C25H25Cl2FN7OP/c1-17-23-25(35(31-17)12-4-11-29)30-24(18-7-9-19(28)10-8-18)33(2)37(23,34-13-15-36-16-14-34)32-22-20(26)5-3-6-21(22)27/h3,5-10H,4,12-16H2,1-2H3/t37-/m1/s1. The summed E-state index contributed by atoms with van der Waals surface area (Å²) in [5.74, 6) is 0.925. The van der Waals surface area contributed by atoms with E-state index >= 15 is 0 Å². The number of benzene rings is 2. The molecule has 0 radical (unpaired) electrons. The van der Waals surface area contributed by atoms with E-state index in [4.69, 9.17) is 42.8 Å². The summed E-state index contributed by atoms with van der Waals surface area (Å²) in [7, 11) is -0.900. The van der Waals surface area contributed by atoms with E-state index in [0.717, 1.165) is 16.6 Å². The number of ether oxygens (including phenoxy) is 1. The molecule has 0 saturated carbocycles. The van der Waals surface area contributed by atoms with Crippen molar-refractivity contribution in [1.82, 2.24) is 19.1 Å². The minimum absolute atomic E-state index is 0.279. The molecule has 12 heteroatoms. The fourth-order valence-electron chi connectivity index (χ4n) is 4.71. The van der Waals surface area contributed by atoms with Crippen LogP contribution in [0.1, 0.15) is 17.7 Å². The zero-order valence-corrected chi connectivity index (χ0v) is 22.8. The Morgan fingerprint density at radius 1 is 1.14 bits per heavy atom. The summed E-state index contributed by atoms with van der Waals surface area (Å²) in [4.78, 5) is 5.03. The van der Waals surface area contributed by atoms with Gasteiger partial charge in [0.05, 0.1) is 53.3 Å². The third kappa shape index (κ3) is 4.58. The van der Waals surface area contributed by atoms with Gasteiger partial charge in [-0.2, -0.15) is 10.4 Å². The Morgan fingerprint density at radius 2 is 1.81 bits per heavy atom. The van der Waals surface area contributed by atoms with Crippen LogP contribution in [-0.4, -0.2) is 58.3 Å². The molecule has 1 aromatic heterocycles. The molecule has 2 aliphatic rings. The number of fused-ring (bicyclic) bond motifs is 1. The number of rotatable bonds is 5. The Hall–Kier alpha value is -2.73. The topological polar surface area (TPSA) is 82.0 Å². The Morgan fingerprint density at radius 3 is 2.46 bits per heavy atom. The molecule has 0 unspecified atom stereocenters. The fourth-order valence-corrected chi connectivity index (χ4v) is 9.18. The zero-order chi connectivity index (χ0) is 26.2. The van der Waals surface area contributed by atoms with Crippen LogP contribution in [0.2, 0.25) is 10.0 Å². The molecule has 0 spiro atoms. The maximum atomic E-state index is 13.9. The van der Waals surface area contributed by atoms with Crippen LogP contribution in [0.4, 0.5) is 15.9 Å². The number of morpholine rings is 1. The Balaban J connectivity index is 1.88. The van der Waals surface area contributed by atoms with E-state index in [1.54, 1.807) is 35.0 Å². The number of hydrogen-bond donors (Lipinski definition) is 0. The maximum Gasteiger partial charge on any atom is 0.165 e. The third-order valence-corrected chi connectivity index (χ3v) is 10.8. The van der Waals surface area contributed by atoms with Gasteiger partial charge in [-0.05, 0) is 43.3 Å². The van der Waals surface area contributed by atoms with E-state index in [1.807, 2.05) is 14.0 Å². The highest BCUT2D eigenvalue weighted by atomic mass is 35.5. The molecule has 1 fully saturated rings. The first-order valence-electron chi connectivity index (χ1n) is 11.8.